The number of nitrogens with one attached hydrogen (secondary N) is 2. The van der Waals surface area contributed by atoms with Crippen LogP contribution in [0.1, 0.15) is 44.0 Å². The summed E-state index contributed by atoms with van der Waals surface area (Å²) >= 11 is 5.87. The van der Waals surface area contributed by atoms with Gasteiger partial charge in [0.05, 0.1) is 23.3 Å². The monoisotopic (exact) mass is 523 g/mol. The number of pyridine rings is 2. The quantitative estimate of drug-likeness (QED) is 0.371. The number of aromatic nitrogens is 2. The second-order valence-electron chi connectivity index (χ2n) is 8.58. The van der Waals surface area contributed by atoms with Gasteiger partial charge in [-0.2, -0.15) is 0 Å². The van der Waals surface area contributed by atoms with E-state index in [4.69, 9.17) is 16.3 Å². The molecule has 10 nitrogen and oxygen atoms in total. The van der Waals surface area contributed by atoms with Crippen molar-refractivity contribution in [2.75, 3.05) is 42.3 Å². The van der Waals surface area contributed by atoms with E-state index in [1.54, 1.807) is 30.3 Å². The summed E-state index contributed by atoms with van der Waals surface area (Å²) in [6.45, 7) is 2.17. The maximum Gasteiger partial charge on any atom is 0.354 e. The number of carboxylic acid groups (broad SMARTS) is 1. The molecule has 2 aromatic heterocycles. The molecule has 192 valence electrons. The number of aromatic carboxylic acids is 1. The lowest BCUT2D eigenvalue weighted by molar-refractivity contribution is 0.0599. The van der Waals surface area contributed by atoms with Gasteiger partial charge in [-0.3, -0.25) is 4.79 Å². The molecule has 0 aliphatic carbocycles. The van der Waals surface area contributed by atoms with Crippen LogP contribution in [-0.2, 0) is 4.74 Å². The zero-order valence-corrected chi connectivity index (χ0v) is 20.9. The molecule has 1 amide bonds. The maximum absolute atomic E-state index is 13.1. The number of nitrogens with zero attached hydrogens (tertiary/aromatic N) is 3. The number of carbonyl (C=O) groups is 3. The number of amides is 1. The molecule has 0 spiro atoms. The van der Waals surface area contributed by atoms with Crippen LogP contribution < -0.4 is 15.5 Å². The predicted octanol–water partition coefficient (Wildman–Crippen LogP) is 4.20. The van der Waals surface area contributed by atoms with E-state index in [-0.39, 0.29) is 16.8 Å². The molecule has 1 saturated heterocycles. The van der Waals surface area contributed by atoms with Crippen molar-refractivity contribution >= 4 is 46.6 Å². The van der Waals surface area contributed by atoms with Crippen molar-refractivity contribution in [2.24, 2.45) is 5.92 Å². The molecule has 1 fully saturated rings. The topological polar surface area (TPSA) is 134 Å². The van der Waals surface area contributed by atoms with E-state index in [1.807, 2.05) is 6.07 Å². The summed E-state index contributed by atoms with van der Waals surface area (Å²) in [5.41, 5.74) is 1.99. The second kappa shape index (κ2) is 11.7. The maximum atomic E-state index is 13.1. The Balaban J connectivity index is 1.42. The molecule has 1 aliphatic heterocycles. The lowest BCUT2D eigenvalue weighted by atomic mass is 9.96. The standard InChI is InChI=1S/C26H26ClN5O5/c1-37-26(36)17-2-4-21(20(12-17)24(33)31-23-5-3-18(27)15-30-23)29-14-16-7-10-32(11-8-16)19-6-9-28-22(13-19)25(34)35/h2-6,9,12-13,15-16,29H,7-8,10-11,14H2,1H3,(H,34,35)(H,30,31,33). The van der Waals surface area contributed by atoms with Crippen LogP contribution in [0.4, 0.5) is 17.2 Å². The van der Waals surface area contributed by atoms with E-state index >= 15 is 0 Å². The predicted molar refractivity (Wildman–Crippen MR) is 140 cm³/mol. The highest BCUT2D eigenvalue weighted by Crippen LogP contribution is 2.26. The highest BCUT2D eigenvalue weighted by atomic mass is 35.5. The summed E-state index contributed by atoms with van der Waals surface area (Å²) in [6.07, 6.45) is 4.71. The summed E-state index contributed by atoms with van der Waals surface area (Å²) in [4.78, 5) is 46.5. The van der Waals surface area contributed by atoms with Crippen molar-refractivity contribution in [1.82, 2.24) is 9.97 Å². The van der Waals surface area contributed by atoms with Gasteiger partial charge < -0.3 is 25.4 Å². The Kier molecular flexibility index (Phi) is 8.19. The van der Waals surface area contributed by atoms with E-state index in [9.17, 15) is 19.5 Å². The van der Waals surface area contributed by atoms with Gasteiger partial charge in [-0.1, -0.05) is 11.6 Å². The fourth-order valence-electron chi connectivity index (χ4n) is 4.15. The fourth-order valence-corrected chi connectivity index (χ4v) is 4.26. The molecule has 1 aliphatic rings. The van der Waals surface area contributed by atoms with Gasteiger partial charge in [-0.25, -0.2) is 19.6 Å². The van der Waals surface area contributed by atoms with Crippen LogP contribution in [0.2, 0.25) is 5.02 Å². The minimum atomic E-state index is -1.05. The van der Waals surface area contributed by atoms with E-state index in [0.717, 1.165) is 31.6 Å². The Labute approximate surface area is 218 Å². The number of hydrogen-bond acceptors (Lipinski definition) is 8. The smallest absolute Gasteiger partial charge is 0.354 e. The first kappa shape index (κ1) is 25.9. The molecule has 1 aromatic carbocycles. The number of methoxy groups -OCH3 is 1. The Bertz CT molecular complexity index is 1290. The number of rotatable bonds is 8. The Morgan fingerprint density at radius 2 is 1.89 bits per heavy atom. The van der Waals surface area contributed by atoms with Crippen molar-refractivity contribution in [2.45, 2.75) is 12.8 Å². The first-order valence-electron chi connectivity index (χ1n) is 11.7. The number of hydrogen-bond donors (Lipinski definition) is 3. The van der Waals surface area contributed by atoms with E-state index < -0.39 is 17.8 Å². The van der Waals surface area contributed by atoms with Gasteiger partial charge in [0.25, 0.3) is 5.91 Å². The van der Waals surface area contributed by atoms with Crippen molar-refractivity contribution in [3.05, 3.63) is 76.7 Å². The number of anilines is 3. The second-order valence-corrected chi connectivity index (χ2v) is 9.02. The summed E-state index contributed by atoms with van der Waals surface area (Å²) < 4.78 is 4.81. The first-order valence-corrected chi connectivity index (χ1v) is 12.1. The zero-order valence-electron chi connectivity index (χ0n) is 20.1. The molecule has 0 unspecified atom stereocenters. The number of carboxylic acids is 1. The molecule has 0 saturated carbocycles. The van der Waals surface area contributed by atoms with Crippen LogP contribution >= 0.6 is 11.6 Å². The van der Waals surface area contributed by atoms with Gasteiger partial charge in [-0.05, 0) is 61.2 Å². The molecule has 3 aromatic rings. The molecule has 3 N–H and O–H groups in total. The molecule has 11 heteroatoms. The third kappa shape index (κ3) is 6.53. The van der Waals surface area contributed by atoms with Gasteiger partial charge in [-0.15, -0.1) is 0 Å². The van der Waals surface area contributed by atoms with Crippen LogP contribution in [0.25, 0.3) is 0 Å². The van der Waals surface area contributed by atoms with E-state index in [2.05, 4.69) is 25.5 Å². The lowest BCUT2D eigenvalue weighted by Crippen LogP contribution is -2.36. The summed E-state index contributed by atoms with van der Waals surface area (Å²) in [6, 6.07) is 11.4. The first-order chi connectivity index (χ1) is 17.8. The number of halogens is 1. The third-order valence-corrected chi connectivity index (χ3v) is 6.40. The number of carbonyl (C=O) groups excluding carboxylic acids is 2. The highest BCUT2D eigenvalue weighted by molar-refractivity contribution is 6.30. The lowest BCUT2D eigenvalue weighted by Gasteiger charge is -2.34. The molecule has 0 bridgehead atoms. The van der Waals surface area contributed by atoms with Crippen LogP contribution in [0.15, 0.2) is 54.9 Å². The molecule has 3 heterocycles. The number of benzene rings is 1. The van der Waals surface area contributed by atoms with Crippen LogP contribution in [0, 0.1) is 5.92 Å². The zero-order chi connectivity index (χ0) is 26.4. The van der Waals surface area contributed by atoms with Crippen LogP contribution in [0.5, 0.6) is 0 Å². The summed E-state index contributed by atoms with van der Waals surface area (Å²) in [7, 11) is 1.28. The van der Waals surface area contributed by atoms with Crippen molar-refractivity contribution in [1.29, 1.82) is 0 Å². The fraction of sp³-hybridized carbons (Fsp3) is 0.269. The summed E-state index contributed by atoms with van der Waals surface area (Å²) in [5.74, 6) is -1.35. The molecule has 4 rings (SSSR count). The number of piperidine rings is 1. The SMILES string of the molecule is COC(=O)c1ccc(NCC2CCN(c3ccnc(C(=O)O)c3)CC2)c(C(=O)Nc2ccc(Cl)cn2)c1. The highest BCUT2D eigenvalue weighted by Gasteiger charge is 2.22. The average Bonchev–Trinajstić information content (AvgIpc) is 2.93. The Hall–Kier alpha value is -4.18. The normalized spacial score (nSPS) is 13.6. The van der Waals surface area contributed by atoms with Crippen LogP contribution in [0.3, 0.4) is 0 Å². The molecule has 0 radical (unpaired) electrons. The van der Waals surface area contributed by atoms with E-state index in [0.29, 0.717) is 29.0 Å². The van der Waals surface area contributed by atoms with Gasteiger partial charge in [0.1, 0.15) is 11.5 Å². The van der Waals surface area contributed by atoms with Crippen LogP contribution in [-0.4, -0.2) is 59.7 Å². The van der Waals surface area contributed by atoms with Gasteiger partial charge in [0.15, 0.2) is 0 Å². The minimum Gasteiger partial charge on any atom is -0.477 e. The van der Waals surface area contributed by atoms with Crippen molar-refractivity contribution in [3.63, 3.8) is 0 Å². The molecular weight excluding hydrogens is 498 g/mol. The molecular formula is C26H26ClN5O5. The Morgan fingerprint density at radius 3 is 2.57 bits per heavy atom. The summed E-state index contributed by atoms with van der Waals surface area (Å²) in [5, 5.41) is 15.7. The van der Waals surface area contributed by atoms with Gasteiger partial charge >= 0.3 is 11.9 Å². The molecule has 0 atom stereocenters. The largest absolute Gasteiger partial charge is 0.477 e. The van der Waals surface area contributed by atoms with Crippen molar-refractivity contribution in [3.8, 4) is 0 Å². The Morgan fingerprint density at radius 1 is 1.11 bits per heavy atom. The average molecular weight is 524 g/mol. The number of ether oxygens (including phenoxy) is 1. The van der Waals surface area contributed by atoms with Gasteiger partial charge in [0.2, 0.25) is 0 Å². The molecule has 37 heavy (non-hydrogen) atoms. The van der Waals surface area contributed by atoms with Gasteiger partial charge in [0, 0.05) is 43.4 Å². The number of esters is 1. The van der Waals surface area contributed by atoms with E-state index in [1.165, 1.54) is 25.6 Å². The third-order valence-electron chi connectivity index (χ3n) is 6.18. The van der Waals surface area contributed by atoms with Crippen molar-refractivity contribution < 1.29 is 24.2 Å². The minimum absolute atomic E-state index is 0.0243.